The minimum absolute atomic E-state index is 0.115. The average molecular weight is 320 g/mol. The number of ketones is 1. The van der Waals surface area contributed by atoms with Gasteiger partial charge in [-0.05, 0) is 41.5 Å². The zero-order valence-corrected chi connectivity index (χ0v) is 10.4. The third-order valence-corrected chi connectivity index (χ3v) is 3.84. The molecule has 1 aromatic heterocycles. The summed E-state index contributed by atoms with van der Waals surface area (Å²) in [5.74, 6) is 0.115. The van der Waals surface area contributed by atoms with Crippen molar-refractivity contribution in [2.75, 3.05) is 6.61 Å². The molecule has 4 heteroatoms. The Morgan fingerprint density at radius 3 is 3.00 bits per heavy atom. The Morgan fingerprint density at radius 1 is 1.57 bits per heavy atom. The Balaban J connectivity index is 2.19. The lowest BCUT2D eigenvalue weighted by Crippen LogP contribution is -2.08. The molecule has 0 aliphatic carbocycles. The van der Waals surface area contributed by atoms with Crippen molar-refractivity contribution in [3.05, 3.63) is 31.7 Å². The highest BCUT2D eigenvalue weighted by Gasteiger charge is 2.16. The van der Waals surface area contributed by atoms with Crippen LogP contribution in [0.15, 0.2) is 23.3 Å². The molecule has 14 heavy (non-hydrogen) atoms. The van der Waals surface area contributed by atoms with Gasteiger partial charge in [-0.3, -0.25) is 4.79 Å². The lowest BCUT2D eigenvalue weighted by atomic mass is 10.0. The van der Waals surface area contributed by atoms with Gasteiger partial charge in [-0.1, -0.05) is 0 Å². The Bertz CT molecular complexity index is 381. The fourth-order valence-electron chi connectivity index (χ4n) is 1.35. The molecule has 2 rings (SSSR count). The summed E-state index contributed by atoms with van der Waals surface area (Å²) in [6.07, 6.45) is 3.39. The summed E-state index contributed by atoms with van der Waals surface area (Å²) in [5.41, 5.74) is 1.58. The molecule has 0 atom stereocenters. The van der Waals surface area contributed by atoms with Crippen molar-refractivity contribution in [2.45, 2.75) is 12.8 Å². The molecule has 0 saturated carbocycles. The van der Waals surface area contributed by atoms with Crippen LogP contribution in [0.3, 0.4) is 0 Å². The number of carbonyl (C=O) groups is 1. The van der Waals surface area contributed by atoms with Crippen LogP contribution in [0.2, 0.25) is 0 Å². The van der Waals surface area contributed by atoms with E-state index in [9.17, 15) is 4.79 Å². The van der Waals surface area contributed by atoms with Gasteiger partial charge in [-0.15, -0.1) is 11.3 Å². The SMILES string of the molecule is O=C(C1=COCCC1)c1csc(I)c1. The standard InChI is InChI=1S/C10H9IO2S/c11-9-4-8(6-14-9)10(12)7-2-1-3-13-5-7/h4-6H,1-3H2. The summed E-state index contributed by atoms with van der Waals surface area (Å²) in [7, 11) is 0. The monoisotopic (exact) mass is 320 g/mol. The van der Waals surface area contributed by atoms with E-state index in [0.29, 0.717) is 0 Å². The van der Waals surface area contributed by atoms with Gasteiger partial charge in [0.05, 0.1) is 15.8 Å². The van der Waals surface area contributed by atoms with Gasteiger partial charge in [0, 0.05) is 16.5 Å². The van der Waals surface area contributed by atoms with E-state index in [1.807, 2.05) is 11.4 Å². The summed E-state index contributed by atoms with van der Waals surface area (Å²) in [6, 6.07) is 1.92. The number of carbonyl (C=O) groups excluding carboxylic acids is 1. The molecular weight excluding hydrogens is 311 g/mol. The number of hydrogen-bond donors (Lipinski definition) is 0. The maximum absolute atomic E-state index is 11.9. The first-order chi connectivity index (χ1) is 6.77. The van der Waals surface area contributed by atoms with Gasteiger partial charge < -0.3 is 4.74 Å². The number of ether oxygens (including phenoxy) is 1. The molecule has 74 valence electrons. The van der Waals surface area contributed by atoms with Gasteiger partial charge in [0.1, 0.15) is 0 Å². The van der Waals surface area contributed by atoms with Crippen molar-refractivity contribution >= 4 is 39.7 Å². The predicted molar refractivity (Wildman–Crippen MR) is 64.6 cm³/mol. The third-order valence-electron chi connectivity index (χ3n) is 2.06. The van der Waals surface area contributed by atoms with Gasteiger partial charge in [0.25, 0.3) is 0 Å². The van der Waals surface area contributed by atoms with E-state index in [1.54, 1.807) is 17.6 Å². The van der Waals surface area contributed by atoms with Gasteiger partial charge in [-0.25, -0.2) is 0 Å². The van der Waals surface area contributed by atoms with Crippen LogP contribution in [0, 0.1) is 2.88 Å². The maximum atomic E-state index is 11.9. The minimum Gasteiger partial charge on any atom is -0.501 e. The van der Waals surface area contributed by atoms with Crippen LogP contribution in [0.1, 0.15) is 23.2 Å². The van der Waals surface area contributed by atoms with Crippen molar-refractivity contribution in [1.29, 1.82) is 0 Å². The van der Waals surface area contributed by atoms with Crippen LogP contribution in [0.25, 0.3) is 0 Å². The molecule has 0 N–H and O–H groups in total. The van der Waals surface area contributed by atoms with E-state index < -0.39 is 0 Å². The van der Waals surface area contributed by atoms with Gasteiger partial charge in [-0.2, -0.15) is 0 Å². The molecule has 2 heterocycles. The average Bonchev–Trinajstić information content (AvgIpc) is 2.65. The van der Waals surface area contributed by atoms with E-state index in [-0.39, 0.29) is 5.78 Å². The number of Topliss-reactive ketones (excluding diaryl/α,β-unsaturated/α-hetero) is 1. The first kappa shape index (κ1) is 10.2. The predicted octanol–water partition coefficient (Wildman–Crippen LogP) is 3.23. The number of allylic oxidation sites excluding steroid dienone is 1. The van der Waals surface area contributed by atoms with E-state index in [0.717, 1.165) is 33.5 Å². The fourth-order valence-corrected chi connectivity index (χ4v) is 2.67. The molecule has 0 amide bonds. The number of thiophene rings is 1. The molecule has 1 aromatic rings. The number of hydrogen-bond acceptors (Lipinski definition) is 3. The van der Waals surface area contributed by atoms with E-state index >= 15 is 0 Å². The zero-order valence-electron chi connectivity index (χ0n) is 7.46. The summed E-state index contributed by atoms with van der Waals surface area (Å²) < 4.78 is 6.29. The maximum Gasteiger partial charge on any atom is 0.192 e. The Labute approximate surface area is 100 Å². The summed E-state index contributed by atoms with van der Waals surface area (Å²) in [5, 5.41) is 1.90. The molecule has 0 unspecified atom stereocenters. The number of rotatable bonds is 2. The molecule has 0 saturated heterocycles. The molecular formula is C10H9IO2S. The molecule has 1 aliphatic heterocycles. The van der Waals surface area contributed by atoms with Crippen LogP contribution in [-0.2, 0) is 4.74 Å². The molecule has 2 nitrogen and oxygen atoms in total. The van der Waals surface area contributed by atoms with E-state index in [2.05, 4.69) is 22.6 Å². The van der Waals surface area contributed by atoms with Gasteiger partial charge in [0.15, 0.2) is 5.78 Å². The van der Waals surface area contributed by atoms with E-state index in [4.69, 9.17) is 4.74 Å². The van der Waals surface area contributed by atoms with Crippen LogP contribution in [0.5, 0.6) is 0 Å². The van der Waals surface area contributed by atoms with Crippen LogP contribution in [0.4, 0.5) is 0 Å². The van der Waals surface area contributed by atoms with Crippen molar-refractivity contribution in [1.82, 2.24) is 0 Å². The highest BCUT2D eigenvalue weighted by Crippen LogP contribution is 2.22. The van der Waals surface area contributed by atoms with Gasteiger partial charge in [0.2, 0.25) is 0 Å². The van der Waals surface area contributed by atoms with Crippen LogP contribution < -0.4 is 0 Å². The molecule has 0 bridgehead atoms. The molecule has 0 spiro atoms. The van der Waals surface area contributed by atoms with Crippen LogP contribution >= 0.6 is 33.9 Å². The zero-order chi connectivity index (χ0) is 9.97. The Kier molecular flexibility index (Phi) is 3.22. The number of halogens is 1. The van der Waals surface area contributed by atoms with Crippen molar-refractivity contribution < 1.29 is 9.53 Å². The minimum atomic E-state index is 0.115. The lowest BCUT2D eigenvalue weighted by molar-refractivity contribution is 0.101. The molecule has 1 aliphatic rings. The quantitative estimate of drug-likeness (QED) is 0.618. The van der Waals surface area contributed by atoms with Crippen molar-refractivity contribution in [3.8, 4) is 0 Å². The molecule has 0 radical (unpaired) electrons. The summed E-state index contributed by atoms with van der Waals surface area (Å²) >= 11 is 3.81. The lowest BCUT2D eigenvalue weighted by Gasteiger charge is -2.11. The second-order valence-electron chi connectivity index (χ2n) is 3.09. The largest absolute Gasteiger partial charge is 0.501 e. The van der Waals surface area contributed by atoms with E-state index in [1.165, 1.54) is 0 Å². The Morgan fingerprint density at radius 2 is 2.43 bits per heavy atom. The fraction of sp³-hybridized carbons (Fsp3) is 0.300. The summed E-state index contributed by atoms with van der Waals surface area (Å²) in [6.45, 7) is 0.734. The second-order valence-corrected chi connectivity index (χ2v) is 5.89. The van der Waals surface area contributed by atoms with Crippen LogP contribution in [-0.4, -0.2) is 12.4 Å². The Hall–Kier alpha value is -0.360. The molecule has 0 aromatic carbocycles. The normalized spacial score (nSPS) is 15.9. The third kappa shape index (κ3) is 2.17. The van der Waals surface area contributed by atoms with Crippen molar-refractivity contribution in [3.63, 3.8) is 0 Å². The summed E-state index contributed by atoms with van der Waals surface area (Å²) in [4.78, 5) is 11.9. The highest BCUT2D eigenvalue weighted by molar-refractivity contribution is 14.1. The first-order valence-electron chi connectivity index (χ1n) is 4.37. The van der Waals surface area contributed by atoms with Crippen molar-refractivity contribution in [2.24, 2.45) is 0 Å². The smallest absolute Gasteiger partial charge is 0.192 e. The van der Waals surface area contributed by atoms with Gasteiger partial charge >= 0.3 is 0 Å². The molecule has 0 fully saturated rings. The topological polar surface area (TPSA) is 26.3 Å². The highest BCUT2D eigenvalue weighted by atomic mass is 127. The first-order valence-corrected chi connectivity index (χ1v) is 6.32. The second kappa shape index (κ2) is 4.44.